The van der Waals surface area contributed by atoms with Crippen molar-refractivity contribution in [2.24, 2.45) is 11.7 Å². The highest BCUT2D eigenvalue weighted by Crippen LogP contribution is 2.37. The fraction of sp³-hybridized carbons (Fsp3) is 1.00. The standard InChI is InChI=1S/C13H25NO3/c1-2-15-6-4-12(14)11-3-7-17-13(9-11)5-8-16-10-13/h11-12H,2-10,14H2,1H3. The Bertz CT molecular complexity index is 229. The van der Waals surface area contributed by atoms with Crippen molar-refractivity contribution in [3.05, 3.63) is 0 Å². The van der Waals surface area contributed by atoms with E-state index in [1.165, 1.54) is 0 Å². The minimum atomic E-state index is -0.0217. The molecule has 0 aromatic heterocycles. The molecule has 3 atom stereocenters. The normalized spacial score (nSPS) is 35.3. The summed E-state index contributed by atoms with van der Waals surface area (Å²) < 4.78 is 16.8. The second-order valence-electron chi connectivity index (χ2n) is 5.24. The van der Waals surface area contributed by atoms with Crippen LogP contribution >= 0.6 is 0 Å². The van der Waals surface area contributed by atoms with Gasteiger partial charge in [0.1, 0.15) is 0 Å². The molecule has 2 aliphatic rings. The van der Waals surface area contributed by atoms with Crippen molar-refractivity contribution < 1.29 is 14.2 Å². The van der Waals surface area contributed by atoms with Crippen molar-refractivity contribution in [1.29, 1.82) is 0 Å². The molecule has 0 amide bonds. The molecule has 4 heteroatoms. The Balaban J connectivity index is 1.79. The maximum atomic E-state index is 6.26. The summed E-state index contributed by atoms with van der Waals surface area (Å²) in [5, 5.41) is 0. The molecule has 3 unspecified atom stereocenters. The fourth-order valence-electron chi connectivity index (χ4n) is 2.89. The van der Waals surface area contributed by atoms with Gasteiger partial charge in [0.15, 0.2) is 0 Å². The van der Waals surface area contributed by atoms with Crippen LogP contribution in [0.5, 0.6) is 0 Å². The number of ether oxygens (including phenoxy) is 3. The molecule has 0 saturated carbocycles. The molecule has 2 fully saturated rings. The lowest BCUT2D eigenvalue weighted by atomic mass is 9.80. The first kappa shape index (κ1) is 13.3. The summed E-state index contributed by atoms with van der Waals surface area (Å²) in [4.78, 5) is 0. The molecule has 4 nitrogen and oxygen atoms in total. The molecule has 0 aliphatic carbocycles. The predicted molar refractivity (Wildman–Crippen MR) is 65.9 cm³/mol. The second kappa shape index (κ2) is 6.14. The molecule has 2 rings (SSSR count). The third-order valence-electron chi connectivity index (χ3n) is 4.00. The molecule has 100 valence electrons. The van der Waals surface area contributed by atoms with Gasteiger partial charge in [-0.15, -0.1) is 0 Å². The third-order valence-corrected chi connectivity index (χ3v) is 4.00. The number of hydrogen-bond acceptors (Lipinski definition) is 4. The van der Waals surface area contributed by atoms with Gasteiger partial charge in [-0.05, 0) is 32.1 Å². The average Bonchev–Trinajstić information content (AvgIpc) is 2.77. The summed E-state index contributed by atoms with van der Waals surface area (Å²) in [7, 11) is 0. The largest absolute Gasteiger partial charge is 0.382 e. The molecule has 0 radical (unpaired) electrons. The Morgan fingerprint density at radius 1 is 1.47 bits per heavy atom. The summed E-state index contributed by atoms with van der Waals surface area (Å²) in [6.45, 7) is 5.99. The van der Waals surface area contributed by atoms with Gasteiger partial charge in [-0.2, -0.15) is 0 Å². The van der Waals surface area contributed by atoms with E-state index in [-0.39, 0.29) is 11.6 Å². The molecule has 2 aliphatic heterocycles. The molecule has 1 spiro atoms. The number of nitrogens with two attached hydrogens (primary N) is 1. The van der Waals surface area contributed by atoms with Crippen LogP contribution in [0, 0.1) is 5.92 Å². The van der Waals surface area contributed by atoms with Crippen molar-refractivity contribution in [3.63, 3.8) is 0 Å². The van der Waals surface area contributed by atoms with Gasteiger partial charge in [-0.3, -0.25) is 0 Å². The van der Waals surface area contributed by atoms with Crippen LogP contribution in [-0.2, 0) is 14.2 Å². The van der Waals surface area contributed by atoms with Crippen molar-refractivity contribution in [2.45, 2.75) is 44.2 Å². The van der Waals surface area contributed by atoms with Crippen LogP contribution in [-0.4, -0.2) is 44.7 Å². The van der Waals surface area contributed by atoms with E-state index in [0.717, 1.165) is 58.7 Å². The zero-order chi connectivity index (χ0) is 12.1. The lowest BCUT2D eigenvalue weighted by Gasteiger charge is -2.39. The number of rotatable bonds is 5. The van der Waals surface area contributed by atoms with Crippen LogP contribution in [0.15, 0.2) is 0 Å². The Morgan fingerprint density at radius 3 is 3.06 bits per heavy atom. The highest BCUT2D eigenvalue weighted by atomic mass is 16.6. The molecule has 2 heterocycles. The third kappa shape index (κ3) is 3.41. The van der Waals surface area contributed by atoms with Crippen molar-refractivity contribution in [2.75, 3.05) is 33.0 Å². The highest BCUT2D eigenvalue weighted by Gasteiger charge is 2.42. The minimum Gasteiger partial charge on any atom is -0.382 e. The fourth-order valence-corrected chi connectivity index (χ4v) is 2.89. The van der Waals surface area contributed by atoms with Crippen LogP contribution < -0.4 is 5.73 Å². The van der Waals surface area contributed by atoms with Crippen LogP contribution in [0.25, 0.3) is 0 Å². The lowest BCUT2D eigenvalue weighted by molar-refractivity contribution is -0.102. The summed E-state index contributed by atoms with van der Waals surface area (Å²) in [6.07, 6.45) is 4.12. The van der Waals surface area contributed by atoms with Gasteiger partial charge < -0.3 is 19.9 Å². The topological polar surface area (TPSA) is 53.7 Å². The first-order valence-corrected chi connectivity index (χ1v) is 6.81. The van der Waals surface area contributed by atoms with Crippen LogP contribution in [0.3, 0.4) is 0 Å². The average molecular weight is 243 g/mol. The quantitative estimate of drug-likeness (QED) is 0.740. The summed E-state index contributed by atoms with van der Waals surface area (Å²) in [5.41, 5.74) is 6.24. The minimum absolute atomic E-state index is 0.0217. The molecule has 17 heavy (non-hydrogen) atoms. The molecule has 2 saturated heterocycles. The van der Waals surface area contributed by atoms with Crippen molar-refractivity contribution in [3.8, 4) is 0 Å². The van der Waals surface area contributed by atoms with Gasteiger partial charge in [-0.25, -0.2) is 0 Å². The Hall–Kier alpha value is -0.160. The van der Waals surface area contributed by atoms with Crippen molar-refractivity contribution >= 4 is 0 Å². The van der Waals surface area contributed by atoms with Crippen molar-refractivity contribution in [1.82, 2.24) is 0 Å². The molecule has 0 bridgehead atoms. The predicted octanol–water partition coefficient (Wildman–Crippen LogP) is 1.33. The smallest absolute Gasteiger partial charge is 0.0939 e. The Labute approximate surface area is 104 Å². The van der Waals surface area contributed by atoms with E-state index in [0.29, 0.717) is 5.92 Å². The molecular weight excluding hydrogens is 218 g/mol. The zero-order valence-electron chi connectivity index (χ0n) is 10.8. The molecular formula is C13H25NO3. The Morgan fingerprint density at radius 2 is 2.35 bits per heavy atom. The van der Waals surface area contributed by atoms with Crippen LogP contribution in [0.1, 0.15) is 32.6 Å². The Kier molecular flexibility index (Phi) is 4.79. The van der Waals surface area contributed by atoms with E-state index in [9.17, 15) is 0 Å². The van der Waals surface area contributed by atoms with Gasteiger partial charge >= 0.3 is 0 Å². The van der Waals surface area contributed by atoms with Gasteiger partial charge in [0.2, 0.25) is 0 Å². The van der Waals surface area contributed by atoms with E-state index in [1.807, 2.05) is 6.92 Å². The van der Waals surface area contributed by atoms with Crippen LogP contribution in [0.2, 0.25) is 0 Å². The molecule has 0 aromatic carbocycles. The first-order chi connectivity index (χ1) is 8.26. The van der Waals surface area contributed by atoms with Gasteiger partial charge in [0, 0.05) is 38.9 Å². The molecule has 2 N–H and O–H groups in total. The highest BCUT2D eigenvalue weighted by molar-refractivity contribution is 4.92. The van der Waals surface area contributed by atoms with Crippen LogP contribution in [0.4, 0.5) is 0 Å². The monoisotopic (exact) mass is 243 g/mol. The summed E-state index contributed by atoms with van der Waals surface area (Å²) >= 11 is 0. The van der Waals surface area contributed by atoms with E-state index < -0.39 is 0 Å². The second-order valence-corrected chi connectivity index (χ2v) is 5.24. The molecule has 0 aromatic rings. The van der Waals surface area contributed by atoms with Gasteiger partial charge in [0.25, 0.3) is 0 Å². The van der Waals surface area contributed by atoms with E-state index in [2.05, 4.69) is 0 Å². The van der Waals surface area contributed by atoms with E-state index in [1.54, 1.807) is 0 Å². The zero-order valence-corrected chi connectivity index (χ0v) is 10.8. The maximum Gasteiger partial charge on any atom is 0.0939 e. The maximum absolute atomic E-state index is 6.26. The van der Waals surface area contributed by atoms with Gasteiger partial charge in [0.05, 0.1) is 12.2 Å². The summed E-state index contributed by atoms with van der Waals surface area (Å²) in [5.74, 6) is 0.561. The number of hydrogen-bond donors (Lipinski definition) is 1. The first-order valence-electron chi connectivity index (χ1n) is 6.81. The lowest BCUT2D eigenvalue weighted by Crippen LogP contribution is -2.46. The summed E-state index contributed by atoms with van der Waals surface area (Å²) in [6, 6.07) is 0.239. The van der Waals surface area contributed by atoms with E-state index >= 15 is 0 Å². The SMILES string of the molecule is CCOCCC(N)C1CCOC2(CCOC2)C1. The van der Waals surface area contributed by atoms with Gasteiger partial charge in [-0.1, -0.05) is 0 Å². The van der Waals surface area contributed by atoms with E-state index in [4.69, 9.17) is 19.9 Å².